The van der Waals surface area contributed by atoms with Crippen LogP contribution in [0.25, 0.3) is 11.2 Å². The third-order valence-corrected chi connectivity index (χ3v) is 5.62. The number of nitrogens with one attached hydrogen (secondary N) is 1. The Kier molecular flexibility index (Phi) is 4.70. The molecule has 3 heterocycles. The molecule has 10 heteroatoms. The zero-order valence-electron chi connectivity index (χ0n) is 16.7. The first-order valence-electron chi connectivity index (χ1n) is 9.30. The summed E-state index contributed by atoms with van der Waals surface area (Å²) >= 11 is 6.20. The normalized spacial score (nSPS) is 16.1. The van der Waals surface area contributed by atoms with Crippen LogP contribution in [0.15, 0.2) is 39.0 Å². The number of anilines is 2. The lowest BCUT2D eigenvalue weighted by Crippen LogP contribution is -2.39. The van der Waals surface area contributed by atoms with Gasteiger partial charge in [-0.1, -0.05) is 23.7 Å². The van der Waals surface area contributed by atoms with Crippen molar-refractivity contribution in [1.82, 2.24) is 18.7 Å². The van der Waals surface area contributed by atoms with Crippen LogP contribution < -0.4 is 21.6 Å². The van der Waals surface area contributed by atoms with Gasteiger partial charge in [0, 0.05) is 20.6 Å². The summed E-state index contributed by atoms with van der Waals surface area (Å²) in [7, 11) is 3.09. The molecule has 0 fully saturated rings. The van der Waals surface area contributed by atoms with Gasteiger partial charge in [-0.05, 0) is 26.0 Å². The van der Waals surface area contributed by atoms with E-state index in [0.29, 0.717) is 35.2 Å². The fourth-order valence-corrected chi connectivity index (χ4v) is 3.71. The van der Waals surface area contributed by atoms with E-state index in [1.807, 2.05) is 42.7 Å². The van der Waals surface area contributed by atoms with Crippen molar-refractivity contribution in [1.29, 1.82) is 0 Å². The van der Waals surface area contributed by atoms with Crippen molar-refractivity contribution >= 4 is 40.1 Å². The first kappa shape index (κ1) is 19.3. The summed E-state index contributed by atoms with van der Waals surface area (Å²) in [5.74, 6) is 0.539. The number of imidazole rings is 1. The van der Waals surface area contributed by atoms with Crippen molar-refractivity contribution < 1.29 is 0 Å². The Labute approximate surface area is 171 Å². The molecule has 0 bridgehead atoms. The van der Waals surface area contributed by atoms with Crippen LogP contribution in [0.5, 0.6) is 0 Å². The van der Waals surface area contributed by atoms with E-state index in [2.05, 4.69) is 15.4 Å². The Morgan fingerprint density at radius 1 is 1.17 bits per heavy atom. The monoisotopic (exact) mass is 415 g/mol. The molecule has 4 rings (SSSR count). The third kappa shape index (κ3) is 3.02. The molecule has 1 aromatic carbocycles. The van der Waals surface area contributed by atoms with E-state index >= 15 is 0 Å². The van der Waals surface area contributed by atoms with Crippen molar-refractivity contribution in [2.75, 3.05) is 23.4 Å². The molecule has 2 aromatic heterocycles. The van der Waals surface area contributed by atoms with E-state index in [9.17, 15) is 9.59 Å². The van der Waals surface area contributed by atoms with E-state index in [-0.39, 0.29) is 11.6 Å². The zero-order chi connectivity index (χ0) is 20.9. The highest BCUT2D eigenvalue weighted by molar-refractivity contribution is 6.33. The van der Waals surface area contributed by atoms with Gasteiger partial charge < -0.3 is 5.32 Å². The second kappa shape index (κ2) is 7.07. The smallest absolute Gasteiger partial charge is 0.332 e. The summed E-state index contributed by atoms with van der Waals surface area (Å²) < 4.78 is 4.35. The molecule has 152 valence electrons. The number of hydrogen-bond acceptors (Lipinski definition) is 6. The summed E-state index contributed by atoms with van der Waals surface area (Å²) in [4.78, 5) is 29.8. The molecule has 3 aromatic rings. The largest absolute Gasteiger partial charge is 0.382 e. The van der Waals surface area contributed by atoms with E-state index in [1.54, 1.807) is 12.1 Å². The Balaban J connectivity index is 1.74. The highest BCUT2D eigenvalue weighted by atomic mass is 35.5. The molecule has 1 aliphatic rings. The molecule has 0 spiro atoms. The molecule has 0 amide bonds. The minimum Gasteiger partial charge on any atom is -0.382 e. The Morgan fingerprint density at radius 2 is 1.90 bits per heavy atom. The number of benzene rings is 1. The molecular formula is C19H22ClN7O2. The van der Waals surface area contributed by atoms with E-state index in [0.717, 1.165) is 16.0 Å². The van der Waals surface area contributed by atoms with Crippen LogP contribution in [0.4, 0.5) is 11.6 Å². The number of fused-ring (bicyclic) bond motifs is 3. The SMILES string of the molecule is CC1=NN(CCNc2ccccc2Cl)c2nc3c(c(=O)n(C)c(=O)n3C)n2[C@@H]1C. The molecule has 29 heavy (non-hydrogen) atoms. The van der Waals surface area contributed by atoms with Gasteiger partial charge in [-0.25, -0.2) is 9.80 Å². The summed E-state index contributed by atoms with van der Waals surface area (Å²) in [5, 5.41) is 10.3. The Bertz CT molecular complexity index is 1250. The fraction of sp³-hybridized carbons (Fsp3) is 0.368. The minimum atomic E-state index is -0.407. The molecule has 0 aliphatic carbocycles. The number of rotatable bonds is 4. The van der Waals surface area contributed by atoms with Gasteiger partial charge in [0.05, 0.1) is 29.0 Å². The standard InChI is InChI=1S/C19H22ClN7O2/c1-11-12(2)27-15-16(24(3)19(29)25(4)17(15)28)22-18(27)26(23-11)10-9-21-14-8-6-5-7-13(14)20/h5-8,12,21H,9-10H2,1-4H3/t12-/m1/s1. The third-order valence-electron chi connectivity index (χ3n) is 5.29. The quantitative estimate of drug-likeness (QED) is 0.703. The van der Waals surface area contributed by atoms with E-state index in [4.69, 9.17) is 11.6 Å². The van der Waals surface area contributed by atoms with Gasteiger partial charge in [-0.2, -0.15) is 10.1 Å². The predicted octanol–water partition coefficient (Wildman–Crippen LogP) is 1.96. The number of hydrazone groups is 1. The molecule has 0 saturated heterocycles. The van der Waals surface area contributed by atoms with Crippen molar-refractivity contribution in [2.24, 2.45) is 19.2 Å². The molecule has 1 atom stereocenters. The summed E-state index contributed by atoms with van der Waals surface area (Å²) in [5.41, 5.74) is 1.67. The number of hydrogen-bond donors (Lipinski definition) is 1. The van der Waals surface area contributed by atoms with Crippen LogP contribution in [-0.2, 0) is 14.1 Å². The lowest BCUT2D eigenvalue weighted by atomic mass is 10.2. The summed E-state index contributed by atoms with van der Waals surface area (Å²) in [6, 6.07) is 7.37. The second-order valence-electron chi connectivity index (χ2n) is 7.11. The predicted molar refractivity (Wildman–Crippen MR) is 115 cm³/mol. The maximum absolute atomic E-state index is 12.8. The molecule has 0 unspecified atom stereocenters. The lowest BCUT2D eigenvalue weighted by Gasteiger charge is -2.29. The first-order chi connectivity index (χ1) is 13.8. The summed E-state index contributed by atoms with van der Waals surface area (Å²) in [6.45, 7) is 4.95. The number of halogens is 1. The van der Waals surface area contributed by atoms with Crippen LogP contribution in [0, 0.1) is 0 Å². The molecular weight excluding hydrogens is 394 g/mol. The Morgan fingerprint density at radius 3 is 2.62 bits per heavy atom. The molecule has 1 aliphatic heterocycles. The van der Waals surface area contributed by atoms with Crippen molar-refractivity contribution in [2.45, 2.75) is 19.9 Å². The zero-order valence-corrected chi connectivity index (χ0v) is 17.4. The van der Waals surface area contributed by atoms with Gasteiger partial charge in [0.25, 0.3) is 5.56 Å². The number of aromatic nitrogens is 4. The van der Waals surface area contributed by atoms with Gasteiger partial charge in [-0.3, -0.25) is 18.5 Å². The van der Waals surface area contributed by atoms with Crippen LogP contribution >= 0.6 is 11.6 Å². The van der Waals surface area contributed by atoms with Gasteiger partial charge >= 0.3 is 5.69 Å². The highest BCUT2D eigenvalue weighted by Crippen LogP contribution is 2.29. The van der Waals surface area contributed by atoms with Crippen molar-refractivity contribution in [3.05, 3.63) is 50.1 Å². The fourth-order valence-electron chi connectivity index (χ4n) is 3.51. The molecule has 1 N–H and O–H groups in total. The number of nitrogens with zero attached hydrogens (tertiary/aromatic N) is 6. The second-order valence-corrected chi connectivity index (χ2v) is 7.51. The topological polar surface area (TPSA) is 89.5 Å². The van der Waals surface area contributed by atoms with Crippen molar-refractivity contribution in [3.8, 4) is 0 Å². The van der Waals surface area contributed by atoms with E-state index in [1.165, 1.54) is 11.6 Å². The highest BCUT2D eigenvalue weighted by Gasteiger charge is 2.30. The lowest BCUT2D eigenvalue weighted by molar-refractivity contribution is 0.638. The van der Waals surface area contributed by atoms with Crippen molar-refractivity contribution in [3.63, 3.8) is 0 Å². The minimum absolute atomic E-state index is 0.145. The summed E-state index contributed by atoms with van der Waals surface area (Å²) in [6.07, 6.45) is 0. The maximum Gasteiger partial charge on any atom is 0.332 e. The maximum atomic E-state index is 12.8. The molecule has 0 saturated carbocycles. The molecule has 0 radical (unpaired) electrons. The first-order valence-corrected chi connectivity index (χ1v) is 9.68. The van der Waals surface area contributed by atoms with Crippen LogP contribution in [0.1, 0.15) is 19.9 Å². The van der Waals surface area contributed by atoms with Crippen LogP contribution in [0.3, 0.4) is 0 Å². The van der Waals surface area contributed by atoms with E-state index < -0.39 is 5.69 Å². The number of para-hydroxylation sites is 1. The van der Waals surface area contributed by atoms with Gasteiger partial charge in [0.15, 0.2) is 11.2 Å². The average molecular weight is 416 g/mol. The average Bonchev–Trinajstić information content (AvgIpc) is 3.11. The van der Waals surface area contributed by atoms with Crippen LogP contribution in [0.2, 0.25) is 5.02 Å². The molecule has 9 nitrogen and oxygen atoms in total. The van der Waals surface area contributed by atoms with Gasteiger partial charge in [0.1, 0.15) is 0 Å². The van der Waals surface area contributed by atoms with Crippen LogP contribution in [-0.4, -0.2) is 37.5 Å². The van der Waals surface area contributed by atoms with Gasteiger partial charge in [0.2, 0.25) is 5.95 Å². The Hall–Kier alpha value is -3.07. The number of aryl methyl sites for hydroxylation is 1. The van der Waals surface area contributed by atoms with Gasteiger partial charge in [-0.15, -0.1) is 0 Å².